The van der Waals surface area contributed by atoms with Gasteiger partial charge < -0.3 is 20.3 Å². The number of ether oxygens (including phenoxy) is 1. The van der Waals surface area contributed by atoms with Gasteiger partial charge in [-0.2, -0.15) is 0 Å². The van der Waals surface area contributed by atoms with Gasteiger partial charge in [0.15, 0.2) is 0 Å². The van der Waals surface area contributed by atoms with Crippen LogP contribution in [0.4, 0.5) is 16.2 Å². The minimum Gasteiger partial charge on any atom is -0.375 e. The van der Waals surface area contributed by atoms with Crippen LogP contribution in [0.5, 0.6) is 0 Å². The van der Waals surface area contributed by atoms with Gasteiger partial charge in [-0.1, -0.05) is 29.3 Å². The van der Waals surface area contributed by atoms with Gasteiger partial charge in [-0.05, 0) is 55.3 Å². The molecular weight excluding hydrogens is 385 g/mol. The number of anilines is 2. The van der Waals surface area contributed by atoms with Crippen LogP contribution in [0.3, 0.4) is 0 Å². The molecule has 1 aliphatic heterocycles. The van der Waals surface area contributed by atoms with Crippen molar-refractivity contribution in [1.29, 1.82) is 0 Å². The van der Waals surface area contributed by atoms with Gasteiger partial charge in [0.1, 0.15) is 0 Å². The van der Waals surface area contributed by atoms with Gasteiger partial charge in [-0.3, -0.25) is 0 Å². The third kappa shape index (κ3) is 5.76. The second kappa shape index (κ2) is 9.31. The van der Waals surface area contributed by atoms with E-state index in [2.05, 4.69) is 22.5 Å². The zero-order valence-electron chi connectivity index (χ0n) is 15.2. The van der Waals surface area contributed by atoms with E-state index in [0.29, 0.717) is 23.0 Å². The molecule has 2 aromatic carbocycles. The Morgan fingerprint density at radius 2 is 2.00 bits per heavy atom. The van der Waals surface area contributed by atoms with Gasteiger partial charge in [0.2, 0.25) is 0 Å². The molecule has 1 unspecified atom stereocenters. The lowest BCUT2D eigenvalue weighted by molar-refractivity contribution is 0.0532. The van der Waals surface area contributed by atoms with E-state index in [1.807, 2.05) is 30.3 Å². The summed E-state index contributed by atoms with van der Waals surface area (Å²) >= 11 is 12.0. The van der Waals surface area contributed by atoms with Crippen LogP contribution in [0.15, 0.2) is 42.5 Å². The second-order valence-corrected chi connectivity index (χ2v) is 7.38. The summed E-state index contributed by atoms with van der Waals surface area (Å²) in [4.78, 5) is 14.4. The molecule has 0 spiro atoms. The fourth-order valence-corrected chi connectivity index (χ4v) is 3.52. The summed E-state index contributed by atoms with van der Waals surface area (Å²) in [6, 6.07) is 13.0. The predicted octanol–water partition coefficient (Wildman–Crippen LogP) is 4.58. The molecule has 5 nitrogen and oxygen atoms in total. The number of rotatable bonds is 5. The number of hydrogen-bond donors (Lipinski definition) is 2. The molecule has 2 aromatic rings. The Kier molecular flexibility index (Phi) is 6.83. The van der Waals surface area contributed by atoms with E-state index in [-0.39, 0.29) is 12.1 Å². The summed E-state index contributed by atoms with van der Waals surface area (Å²) in [6.07, 6.45) is 0.869. The average molecular weight is 408 g/mol. The van der Waals surface area contributed by atoms with Gasteiger partial charge in [0.25, 0.3) is 0 Å². The second-order valence-electron chi connectivity index (χ2n) is 6.54. The first-order valence-electron chi connectivity index (χ1n) is 8.96. The van der Waals surface area contributed by atoms with E-state index < -0.39 is 0 Å². The molecule has 0 aromatic heterocycles. The van der Waals surface area contributed by atoms with Crippen molar-refractivity contribution in [1.82, 2.24) is 5.32 Å². The first-order valence-corrected chi connectivity index (χ1v) is 9.72. The quantitative estimate of drug-likeness (QED) is 0.762. The maximum Gasteiger partial charge on any atom is 0.319 e. The fraction of sp³-hybridized carbons (Fsp3) is 0.350. The molecule has 2 N–H and O–H groups in total. The third-order valence-corrected chi connectivity index (χ3v) is 5.01. The summed E-state index contributed by atoms with van der Waals surface area (Å²) in [5.41, 5.74) is 2.83. The smallest absolute Gasteiger partial charge is 0.319 e. The van der Waals surface area contributed by atoms with Crippen molar-refractivity contribution >= 4 is 40.6 Å². The Bertz CT molecular complexity index is 783. The average Bonchev–Trinajstić information content (AvgIpc) is 2.64. The number of carbonyl (C=O) groups is 1. The number of urea groups is 1. The Morgan fingerprint density at radius 1 is 1.22 bits per heavy atom. The number of benzene rings is 2. The highest BCUT2D eigenvalue weighted by molar-refractivity contribution is 6.35. The minimum atomic E-state index is -0.243. The van der Waals surface area contributed by atoms with E-state index in [0.717, 1.165) is 36.6 Å². The van der Waals surface area contributed by atoms with Crippen LogP contribution in [-0.4, -0.2) is 38.4 Å². The fourth-order valence-electron chi connectivity index (χ4n) is 3.02. The van der Waals surface area contributed by atoms with E-state index in [1.165, 1.54) is 0 Å². The molecule has 0 radical (unpaired) electrons. The van der Waals surface area contributed by atoms with Gasteiger partial charge in [-0.25, -0.2) is 4.79 Å². The maximum absolute atomic E-state index is 12.1. The molecule has 3 rings (SSSR count). The summed E-state index contributed by atoms with van der Waals surface area (Å²) in [5.74, 6) is 0. The van der Waals surface area contributed by atoms with Crippen LogP contribution in [-0.2, 0) is 11.2 Å². The molecule has 1 aliphatic rings. The predicted molar refractivity (Wildman–Crippen MR) is 111 cm³/mol. The zero-order valence-corrected chi connectivity index (χ0v) is 16.7. The van der Waals surface area contributed by atoms with Crippen molar-refractivity contribution in [3.63, 3.8) is 0 Å². The summed E-state index contributed by atoms with van der Waals surface area (Å²) in [5, 5.41) is 6.89. The van der Waals surface area contributed by atoms with Crippen LogP contribution in [0.2, 0.25) is 10.0 Å². The highest BCUT2D eigenvalue weighted by Crippen LogP contribution is 2.22. The SMILES string of the molecule is CC1CN(c2ccc(NC(=O)NCCc3ccc(Cl)cc3Cl)cc2)CCO1. The van der Waals surface area contributed by atoms with Crippen LogP contribution in [0.25, 0.3) is 0 Å². The van der Waals surface area contributed by atoms with E-state index in [9.17, 15) is 4.79 Å². The maximum atomic E-state index is 12.1. The lowest BCUT2D eigenvalue weighted by Gasteiger charge is -2.33. The zero-order chi connectivity index (χ0) is 19.2. The van der Waals surface area contributed by atoms with Crippen molar-refractivity contribution in [2.45, 2.75) is 19.4 Å². The van der Waals surface area contributed by atoms with E-state index >= 15 is 0 Å². The number of nitrogens with one attached hydrogen (secondary N) is 2. The minimum absolute atomic E-state index is 0.233. The van der Waals surface area contributed by atoms with Crippen molar-refractivity contribution in [3.05, 3.63) is 58.1 Å². The highest BCUT2D eigenvalue weighted by Gasteiger charge is 2.16. The first-order chi connectivity index (χ1) is 13.0. The Morgan fingerprint density at radius 3 is 2.70 bits per heavy atom. The van der Waals surface area contributed by atoms with Gasteiger partial charge in [0.05, 0.1) is 12.7 Å². The molecule has 1 heterocycles. The van der Waals surface area contributed by atoms with Crippen molar-refractivity contribution in [3.8, 4) is 0 Å². The number of amides is 2. The highest BCUT2D eigenvalue weighted by atomic mass is 35.5. The third-order valence-electron chi connectivity index (χ3n) is 4.43. The lowest BCUT2D eigenvalue weighted by atomic mass is 10.1. The van der Waals surface area contributed by atoms with Crippen molar-refractivity contribution < 1.29 is 9.53 Å². The molecule has 27 heavy (non-hydrogen) atoms. The van der Waals surface area contributed by atoms with Crippen LogP contribution >= 0.6 is 23.2 Å². The number of halogens is 2. The molecule has 0 saturated carbocycles. The molecule has 1 fully saturated rings. The van der Waals surface area contributed by atoms with E-state index in [1.54, 1.807) is 12.1 Å². The van der Waals surface area contributed by atoms with Gasteiger partial charge in [-0.15, -0.1) is 0 Å². The van der Waals surface area contributed by atoms with Gasteiger partial charge >= 0.3 is 6.03 Å². The monoisotopic (exact) mass is 407 g/mol. The summed E-state index contributed by atoms with van der Waals surface area (Å²) in [7, 11) is 0. The number of hydrogen-bond acceptors (Lipinski definition) is 3. The standard InChI is InChI=1S/C20H23Cl2N3O2/c1-14-13-25(10-11-27-14)18-6-4-17(5-7-18)24-20(26)23-9-8-15-2-3-16(21)12-19(15)22/h2-7,12,14H,8-11,13H2,1H3,(H2,23,24,26). The molecule has 1 saturated heterocycles. The van der Waals surface area contributed by atoms with Crippen LogP contribution in [0, 0.1) is 0 Å². The van der Waals surface area contributed by atoms with Crippen LogP contribution in [0.1, 0.15) is 12.5 Å². The first kappa shape index (κ1) is 19.8. The molecule has 144 valence electrons. The number of morpholine rings is 1. The number of nitrogens with zero attached hydrogens (tertiary/aromatic N) is 1. The molecule has 1 atom stereocenters. The summed E-state index contributed by atoms with van der Waals surface area (Å²) < 4.78 is 5.57. The largest absolute Gasteiger partial charge is 0.375 e. The molecular formula is C20H23Cl2N3O2. The van der Waals surface area contributed by atoms with Crippen molar-refractivity contribution in [2.24, 2.45) is 0 Å². The molecule has 7 heteroatoms. The summed E-state index contributed by atoms with van der Waals surface area (Å²) in [6.45, 7) is 5.05. The normalized spacial score (nSPS) is 16.9. The molecule has 0 aliphatic carbocycles. The Hall–Kier alpha value is -1.95. The van der Waals surface area contributed by atoms with Crippen molar-refractivity contribution in [2.75, 3.05) is 36.5 Å². The number of carbonyl (C=O) groups excluding carboxylic acids is 1. The van der Waals surface area contributed by atoms with Gasteiger partial charge in [0, 0.05) is 41.1 Å². The molecule has 2 amide bonds. The Labute approximate surface area is 169 Å². The van der Waals surface area contributed by atoms with E-state index in [4.69, 9.17) is 27.9 Å². The lowest BCUT2D eigenvalue weighted by Crippen LogP contribution is -2.41. The topological polar surface area (TPSA) is 53.6 Å². The molecule has 0 bridgehead atoms. The Balaban J connectivity index is 1.46. The van der Waals surface area contributed by atoms with Crippen LogP contribution < -0.4 is 15.5 Å².